The van der Waals surface area contributed by atoms with Crippen LogP contribution in [0.15, 0.2) is 0 Å². The van der Waals surface area contributed by atoms with Crippen LogP contribution in [0.5, 0.6) is 0 Å². The molecule has 1 rings (SSSR count). The molecule has 1 heterocycles. The molecular weight excluding hydrogens is 130 g/mol. The Balaban J connectivity index is 0. The Morgan fingerprint density at radius 2 is 1.67 bits per heavy atom. The molecule has 1 aliphatic heterocycles. The fraction of sp³-hybridized carbons (Fsp3) is 1.00. The fourth-order valence-electron chi connectivity index (χ4n) is 0.361. The van der Waals surface area contributed by atoms with Gasteiger partial charge in [0.25, 0.3) is 0 Å². The van der Waals surface area contributed by atoms with Gasteiger partial charge < -0.3 is 5.32 Å². The third-order valence-corrected chi connectivity index (χ3v) is 1.53. The third-order valence-electron chi connectivity index (χ3n) is 0.627. The van der Waals surface area contributed by atoms with Gasteiger partial charge in [-0.05, 0) is 0 Å². The van der Waals surface area contributed by atoms with Gasteiger partial charge in [-0.15, -0.1) is 11.8 Å². The van der Waals surface area contributed by atoms with Crippen molar-refractivity contribution in [3.8, 4) is 0 Å². The van der Waals surface area contributed by atoms with Gasteiger partial charge in [-0.2, -0.15) is 0 Å². The van der Waals surface area contributed by atoms with Gasteiger partial charge in [0.2, 0.25) is 0 Å². The number of nitrogens with one attached hydrogen (secondary N) is 1. The van der Waals surface area contributed by atoms with E-state index in [1.165, 1.54) is 18.2 Å². The van der Waals surface area contributed by atoms with Crippen molar-refractivity contribution in [2.45, 2.75) is 27.7 Å². The molecule has 0 saturated carbocycles. The zero-order valence-electron chi connectivity index (χ0n) is 7.03. The summed E-state index contributed by atoms with van der Waals surface area (Å²) in [6.45, 7) is 9.21. The van der Waals surface area contributed by atoms with Crippen molar-refractivity contribution in [3.63, 3.8) is 0 Å². The molecule has 0 aromatic rings. The lowest BCUT2D eigenvalue weighted by Gasteiger charge is -1.74. The van der Waals surface area contributed by atoms with E-state index in [0.29, 0.717) is 0 Å². The van der Waals surface area contributed by atoms with Gasteiger partial charge in [0, 0.05) is 18.2 Å². The molecule has 0 radical (unpaired) electrons. The quantitative estimate of drug-likeness (QED) is 0.567. The molecule has 1 fully saturated rings. The van der Waals surface area contributed by atoms with Crippen LogP contribution in [-0.2, 0) is 0 Å². The summed E-state index contributed by atoms with van der Waals surface area (Å²) < 4.78 is 0. The van der Waals surface area contributed by atoms with E-state index >= 15 is 0 Å². The normalized spacial score (nSPS) is 14.7. The highest BCUT2D eigenvalue weighted by Crippen LogP contribution is 1.99. The third kappa shape index (κ3) is 11.7. The molecule has 0 unspecified atom stereocenters. The number of rotatable bonds is 0. The highest BCUT2D eigenvalue weighted by molar-refractivity contribution is 7.99. The van der Waals surface area contributed by atoms with Crippen LogP contribution in [-0.4, -0.2) is 18.2 Å². The molecule has 9 heavy (non-hydrogen) atoms. The number of hydrogen-bond donors (Lipinski definition) is 1. The van der Waals surface area contributed by atoms with Gasteiger partial charge in [-0.1, -0.05) is 27.7 Å². The van der Waals surface area contributed by atoms with Crippen LogP contribution in [0.4, 0.5) is 0 Å². The van der Waals surface area contributed by atoms with Crippen LogP contribution in [0.3, 0.4) is 0 Å². The second kappa shape index (κ2) is 15.7. The lowest BCUT2D eigenvalue weighted by Crippen LogP contribution is -2.04. The largest absolute Gasteiger partial charge is 0.307 e. The Hall–Kier alpha value is 0.310. The van der Waals surface area contributed by atoms with Crippen LogP contribution in [0.25, 0.3) is 0 Å². The zero-order valence-corrected chi connectivity index (χ0v) is 7.85. The van der Waals surface area contributed by atoms with Crippen LogP contribution >= 0.6 is 11.8 Å². The van der Waals surface area contributed by atoms with Gasteiger partial charge >= 0.3 is 0 Å². The minimum atomic E-state index is 1.17. The van der Waals surface area contributed by atoms with Gasteiger partial charge in [-0.3, -0.25) is 0 Å². The monoisotopic (exact) mass is 149 g/mol. The highest BCUT2D eigenvalue weighted by atomic mass is 32.2. The van der Waals surface area contributed by atoms with E-state index in [4.69, 9.17) is 0 Å². The lowest BCUT2D eigenvalue weighted by molar-refractivity contribution is 0.885. The van der Waals surface area contributed by atoms with E-state index in [-0.39, 0.29) is 0 Å². The van der Waals surface area contributed by atoms with E-state index in [2.05, 4.69) is 5.32 Å². The second-order valence-corrected chi connectivity index (χ2v) is 2.16. The van der Waals surface area contributed by atoms with E-state index < -0.39 is 0 Å². The molecule has 1 N–H and O–H groups in total. The van der Waals surface area contributed by atoms with Crippen LogP contribution in [0.1, 0.15) is 27.7 Å². The SMILES string of the molecule is C1CSCN1.CC.CC. The van der Waals surface area contributed by atoms with Gasteiger partial charge in [0.15, 0.2) is 0 Å². The lowest BCUT2D eigenvalue weighted by atomic mass is 10.8. The van der Waals surface area contributed by atoms with Crippen LogP contribution in [0, 0.1) is 0 Å². The predicted octanol–water partition coefficient (Wildman–Crippen LogP) is 2.33. The van der Waals surface area contributed by atoms with Crippen molar-refractivity contribution < 1.29 is 0 Å². The minimum absolute atomic E-state index is 1.17. The predicted molar refractivity (Wildman–Crippen MR) is 48.0 cm³/mol. The number of hydrogen-bond acceptors (Lipinski definition) is 2. The molecule has 0 aliphatic carbocycles. The molecule has 0 aromatic carbocycles. The maximum atomic E-state index is 3.19. The molecule has 0 spiro atoms. The molecule has 0 bridgehead atoms. The van der Waals surface area contributed by atoms with E-state index in [0.717, 1.165) is 0 Å². The summed E-state index contributed by atoms with van der Waals surface area (Å²) in [6.07, 6.45) is 0. The first-order valence-corrected chi connectivity index (χ1v) is 4.94. The molecule has 1 saturated heterocycles. The van der Waals surface area contributed by atoms with Crippen LogP contribution < -0.4 is 5.32 Å². The summed E-state index contributed by atoms with van der Waals surface area (Å²) in [7, 11) is 0. The Labute approximate surface area is 63.6 Å². The molecular formula is C7H19NS. The Bertz CT molecular complexity index is 20.5. The van der Waals surface area contributed by atoms with Gasteiger partial charge in [-0.25, -0.2) is 0 Å². The smallest absolute Gasteiger partial charge is 0.0418 e. The fourth-order valence-corrected chi connectivity index (χ4v) is 1.08. The summed E-state index contributed by atoms with van der Waals surface area (Å²) in [5, 5.41) is 3.19. The Morgan fingerprint density at radius 1 is 1.11 bits per heavy atom. The highest BCUT2D eigenvalue weighted by Gasteiger charge is 1.93. The maximum Gasteiger partial charge on any atom is 0.0418 e. The van der Waals surface area contributed by atoms with Crippen molar-refractivity contribution in [1.29, 1.82) is 0 Å². The van der Waals surface area contributed by atoms with E-state index in [9.17, 15) is 0 Å². The summed E-state index contributed by atoms with van der Waals surface area (Å²) >= 11 is 1.96. The van der Waals surface area contributed by atoms with Gasteiger partial charge in [0.05, 0.1) is 0 Å². The molecule has 58 valence electrons. The van der Waals surface area contributed by atoms with Crippen LogP contribution in [0.2, 0.25) is 0 Å². The molecule has 0 amide bonds. The first-order valence-electron chi connectivity index (χ1n) is 3.78. The van der Waals surface area contributed by atoms with Crippen molar-refractivity contribution in [1.82, 2.24) is 5.32 Å². The molecule has 1 aliphatic rings. The summed E-state index contributed by atoms with van der Waals surface area (Å²) in [6, 6.07) is 0. The minimum Gasteiger partial charge on any atom is -0.307 e. The summed E-state index contributed by atoms with van der Waals surface area (Å²) in [5.74, 6) is 2.47. The van der Waals surface area contributed by atoms with Gasteiger partial charge in [0.1, 0.15) is 0 Å². The molecule has 0 aromatic heterocycles. The van der Waals surface area contributed by atoms with Crippen molar-refractivity contribution >= 4 is 11.8 Å². The average Bonchev–Trinajstić information content (AvgIpc) is 2.51. The maximum absolute atomic E-state index is 3.19. The topological polar surface area (TPSA) is 12.0 Å². The zero-order chi connectivity index (χ0) is 7.54. The molecule has 1 nitrogen and oxygen atoms in total. The first kappa shape index (κ1) is 12.0. The van der Waals surface area contributed by atoms with Crippen molar-refractivity contribution in [2.75, 3.05) is 18.2 Å². The first-order chi connectivity index (χ1) is 4.50. The summed E-state index contributed by atoms with van der Waals surface area (Å²) in [4.78, 5) is 0. The number of thioether (sulfide) groups is 1. The second-order valence-electron chi connectivity index (χ2n) is 1.05. The summed E-state index contributed by atoms with van der Waals surface area (Å²) in [5.41, 5.74) is 0. The average molecular weight is 149 g/mol. The Kier molecular flexibility index (Phi) is 21.1. The van der Waals surface area contributed by atoms with Crippen molar-refractivity contribution in [2.24, 2.45) is 0 Å². The standard InChI is InChI=1S/C3H7NS.2C2H6/c1-2-5-3-4-1;2*1-2/h4H,1-3H2;2*1-2H3. The van der Waals surface area contributed by atoms with Crippen molar-refractivity contribution in [3.05, 3.63) is 0 Å². The Morgan fingerprint density at radius 3 is 1.78 bits per heavy atom. The molecule has 0 atom stereocenters. The van der Waals surface area contributed by atoms with E-state index in [1.807, 2.05) is 39.5 Å². The van der Waals surface area contributed by atoms with E-state index in [1.54, 1.807) is 0 Å². The molecule has 2 heteroatoms.